The second kappa shape index (κ2) is 6.42. The van der Waals surface area contributed by atoms with Gasteiger partial charge in [0.2, 0.25) is 0 Å². The Balaban J connectivity index is 2.97. The molecular formula is C11H16ClN3O2. The van der Waals surface area contributed by atoms with Gasteiger partial charge in [-0.25, -0.2) is 4.98 Å². The second-order valence-electron chi connectivity index (χ2n) is 3.42. The molecule has 0 spiro atoms. The van der Waals surface area contributed by atoms with Gasteiger partial charge in [0.1, 0.15) is 11.0 Å². The zero-order valence-electron chi connectivity index (χ0n) is 9.90. The second-order valence-corrected chi connectivity index (χ2v) is 3.81. The molecule has 2 N–H and O–H groups in total. The summed E-state index contributed by atoms with van der Waals surface area (Å²) in [5.74, 6) is 0.378. The quantitative estimate of drug-likeness (QED) is 0.779. The van der Waals surface area contributed by atoms with Crippen molar-refractivity contribution in [3.8, 4) is 0 Å². The van der Waals surface area contributed by atoms with Crippen LogP contribution < -0.4 is 5.32 Å². The highest BCUT2D eigenvalue weighted by Gasteiger charge is 2.15. The van der Waals surface area contributed by atoms with Crippen molar-refractivity contribution in [2.24, 2.45) is 0 Å². The molecule has 0 bridgehead atoms. The van der Waals surface area contributed by atoms with Gasteiger partial charge in [0.25, 0.3) is 5.91 Å². The van der Waals surface area contributed by atoms with E-state index in [1.165, 1.54) is 6.07 Å². The molecule has 1 aromatic heterocycles. The lowest BCUT2D eigenvalue weighted by Crippen LogP contribution is -2.33. The third kappa shape index (κ3) is 3.57. The van der Waals surface area contributed by atoms with Crippen LogP contribution in [0.25, 0.3) is 0 Å². The number of hydrogen-bond donors (Lipinski definition) is 2. The molecule has 1 heterocycles. The number of aromatic nitrogens is 1. The Morgan fingerprint density at radius 3 is 2.82 bits per heavy atom. The molecule has 0 saturated carbocycles. The van der Waals surface area contributed by atoms with Gasteiger partial charge < -0.3 is 15.3 Å². The molecule has 94 valence electrons. The number of nitrogens with zero attached hydrogens (tertiary/aromatic N) is 2. The van der Waals surface area contributed by atoms with Crippen molar-refractivity contribution in [2.45, 2.75) is 6.92 Å². The number of amides is 1. The van der Waals surface area contributed by atoms with Crippen molar-refractivity contribution in [1.82, 2.24) is 9.88 Å². The summed E-state index contributed by atoms with van der Waals surface area (Å²) in [6.45, 7) is 2.64. The average Bonchev–Trinajstić information content (AvgIpc) is 2.34. The molecule has 0 aliphatic carbocycles. The first kappa shape index (κ1) is 13.7. The number of aliphatic hydroxyl groups excluding tert-OH is 1. The van der Waals surface area contributed by atoms with Crippen LogP contribution in [0.15, 0.2) is 12.1 Å². The molecule has 0 unspecified atom stereocenters. The van der Waals surface area contributed by atoms with Gasteiger partial charge in [-0.1, -0.05) is 11.6 Å². The molecule has 1 amide bonds. The lowest BCUT2D eigenvalue weighted by molar-refractivity contribution is 0.0732. The number of pyridine rings is 1. The highest BCUT2D eigenvalue weighted by Crippen LogP contribution is 2.15. The minimum absolute atomic E-state index is 0.0583. The molecule has 0 aromatic carbocycles. The number of halogens is 1. The Morgan fingerprint density at radius 1 is 1.59 bits per heavy atom. The molecule has 5 nitrogen and oxygen atoms in total. The first-order valence-electron chi connectivity index (χ1n) is 5.37. The van der Waals surface area contributed by atoms with Crippen LogP contribution in [-0.2, 0) is 0 Å². The van der Waals surface area contributed by atoms with E-state index in [9.17, 15) is 4.79 Å². The zero-order valence-corrected chi connectivity index (χ0v) is 10.7. The smallest absolute Gasteiger partial charge is 0.254 e. The predicted octanol–water partition coefficient (Wildman–Crippen LogP) is 1.23. The number of rotatable bonds is 5. The van der Waals surface area contributed by atoms with Crippen LogP contribution in [0.2, 0.25) is 5.15 Å². The Hall–Kier alpha value is -1.33. The standard InChI is InChI=1S/C11H16ClN3O2/c1-3-15(4-5-16)11(17)8-6-9(12)14-10(7-8)13-2/h6-7,16H,3-5H2,1-2H3,(H,13,14). The number of carbonyl (C=O) groups is 1. The fourth-order valence-electron chi connectivity index (χ4n) is 1.45. The minimum atomic E-state index is -0.164. The van der Waals surface area contributed by atoms with Crippen LogP contribution in [0, 0.1) is 0 Å². The molecule has 1 rings (SSSR count). The van der Waals surface area contributed by atoms with Gasteiger partial charge in [-0.2, -0.15) is 0 Å². The van der Waals surface area contributed by atoms with Crippen LogP contribution in [0.3, 0.4) is 0 Å². The van der Waals surface area contributed by atoms with Crippen molar-refractivity contribution in [3.63, 3.8) is 0 Å². The van der Waals surface area contributed by atoms with Gasteiger partial charge in [0.15, 0.2) is 0 Å². The van der Waals surface area contributed by atoms with E-state index in [-0.39, 0.29) is 17.7 Å². The summed E-state index contributed by atoms with van der Waals surface area (Å²) < 4.78 is 0. The van der Waals surface area contributed by atoms with Gasteiger partial charge in [0, 0.05) is 25.7 Å². The number of aliphatic hydroxyl groups is 1. The number of nitrogens with one attached hydrogen (secondary N) is 1. The van der Waals surface area contributed by atoms with Crippen molar-refractivity contribution in [1.29, 1.82) is 0 Å². The van der Waals surface area contributed by atoms with E-state index >= 15 is 0 Å². The largest absolute Gasteiger partial charge is 0.395 e. The SMILES string of the molecule is CCN(CCO)C(=O)c1cc(Cl)nc(NC)c1. The lowest BCUT2D eigenvalue weighted by atomic mass is 10.2. The summed E-state index contributed by atoms with van der Waals surface area (Å²) in [4.78, 5) is 17.6. The maximum atomic E-state index is 12.1. The summed E-state index contributed by atoms with van der Waals surface area (Å²) in [5, 5.41) is 12.0. The van der Waals surface area contributed by atoms with E-state index in [0.717, 1.165) is 0 Å². The van der Waals surface area contributed by atoms with Crippen LogP contribution in [0.4, 0.5) is 5.82 Å². The van der Waals surface area contributed by atoms with Crippen molar-refractivity contribution < 1.29 is 9.90 Å². The van der Waals surface area contributed by atoms with Gasteiger partial charge in [-0.15, -0.1) is 0 Å². The first-order valence-corrected chi connectivity index (χ1v) is 5.75. The molecule has 0 radical (unpaired) electrons. The third-order valence-corrected chi connectivity index (χ3v) is 2.53. The van der Waals surface area contributed by atoms with E-state index in [0.29, 0.717) is 24.5 Å². The average molecular weight is 258 g/mol. The van der Waals surface area contributed by atoms with E-state index in [1.807, 2.05) is 6.92 Å². The van der Waals surface area contributed by atoms with Gasteiger partial charge in [0.05, 0.1) is 6.61 Å². The highest BCUT2D eigenvalue weighted by molar-refractivity contribution is 6.29. The molecule has 0 saturated heterocycles. The molecular weight excluding hydrogens is 242 g/mol. The molecule has 0 fully saturated rings. The third-order valence-electron chi connectivity index (χ3n) is 2.34. The molecule has 0 aliphatic heterocycles. The van der Waals surface area contributed by atoms with Crippen molar-refractivity contribution in [3.05, 3.63) is 22.8 Å². The number of anilines is 1. The predicted molar refractivity (Wildman–Crippen MR) is 67.5 cm³/mol. The monoisotopic (exact) mass is 257 g/mol. The van der Waals surface area contributed by atoms with Crippen molar-refractivity contribution in [2.75, 3.05) is 32.1 Å². The zero-order chi connectivity index (χ0) is 12.8. The van der Waals surface area contributed by atoms with Crippen LogP contribution in [-0.4, -0.2) is 47.6 Å². The number of hydrogen-bond acceptors (Lipinski definition) is 4. The Bertz CT molecular complexity index is 398. The van der Waals surface area contributed by atoms with Crippen LogP contribution in [0.5, 0.6) is 0 Å². The summed E-state index contributed by atoms with van der Waals surface area (Å²) in [6, 6.07) is 3.15. The van der Waals surface area contributed by atoms with E-state index in [2.05, 4.69) is 10.3 Å². The molecule has 0 atom stereocenters. The molecule has 6 heteroatoms. The van der Waals surface area contributed by atoms with Gasteiger partial charge in [-0.3, -0.25) is 4.79 Å². The van der Waals surface area contributed by atoms with Gasteiger partial charge in [-0.05, 0) is 19.1 Å². The molecule has 17 heavy (non-hydrogen) atoms. The maximum Gasteiger partial charge on any atom is 0.254 e. The normalized spacial score (nSPS) is 10.1. The van der Waals surface area contributed by atoms with E-state index < -0.39 is 0 Å². The number of carbonyl (C=O) groups excluding carboxylic acids is 1. The maximum absolute atomic E-state index is 12.1. The van der Waals surface area contributed by atoms with Crippen molar-refractivity contribution >= 4 is 23.3 Å². The number of likely N-dealkylation sites (N-methyl/N-ethyl adjacent to an activating group) is 1. The van der Waals surface area contributed by atoms with Crippen LogP contribution in [0.1, 0.15) is 17.3 Å². The summed E-state index contributed by atoms with van der Waals surface area (Å²) in [7, 11) is 1.71. The summed E-state index contributed by atoms with van der Waals surface area (Å²) in [6.07, 6.45) is 0. The van der Waals surface area contributed by atoms with E-state index in [4.69, 9.17) is 16.7 Å². The fourth-order valence-corrected chi connectivity index (χ4v) is 1.66. The van der Waals surface area contributed by atoms with Crippen LogP contribution >= 0.6 is 11.6 Å². The summed E-state index contributed by atoms with van der Waals surface area (Å²) >= 11 is 5.83. The summed E-state index contributed by atoms with van der Waals surface area (Å²) in [5.41, 5.74) is 0.463. The van der Waals surface area contributed by atoms with E-state index in [1.54, 1.807) is 18.0 Å². The Labute approximate surface area is 105 Å². The first-order chi connectivity index (χ1) is 8.12. The Morgan fingerprint density at radius 2 is 2.29 bits per heavy atom. The fraction of sp³-hybridized carbons (Fsp3) is 0.455. The lowest BCUT2D eigenvalue weighted by Gasteiger charge is -2.19. The van der Waals surface area contributed by atoms with Gasteiger partial charge >= 0.3 is 0 Å². The topological polar surface area (TPSA) is 65.5 Å². The molecule has 0 aliphatic rings. The highest BCUT2D eigenvalue weighted by atomic mass is 35.5. The molecule has 1 aromatic rings. The Kier molecular flexibility index (Phi) is 5.18. The minimum Gasteiger partial charge on any atom is -0.395 e.